The lowest BCUT2D eigenvalue weighted by Crippen LogP contribution is -2.50. The Kier molecular flexibility index (Phi) is 4.60. The minimum atomic E-state index is -0.957. The largest absolute Gasteiger partial charge is 0.368 e. The quantitative estimate of drug-likeness (QED) is 0.784. The molecule has 1 aromatic rings. The molecule has 1 unspecified atom stereocenters. The van der Waals surface area contributed by atoms with Crippen LogP contribution in [0.5, 0.6) is 0 Å². The molecule has 0 aliphatic rings. The number of halogens is 1. The molecule has 1 rings (SSSR count). The van der Waals surface area contributed by atoms with Gasteiger partial charge < -0.3 is 11.5 Å². The van der Waals surface area contributed by atoms with E-state index in [-0.39, 0.29) is 12.4 Å². The van der Waals surface area contributed by atoms with E-state index in [1.165, 1.54) is 0 Å². The second kappa shape index (κ2) is 4.98. The van der Waals surface area contributed by atoms with Crippen molar-refractivity contribution >= 4 is 18.3 Å². The van der Waals surface area contributed by atoms with Crippen LogP contribution in [0.4, 0.5) is 0 Å². The molecule has 1 amide bonds. The van der Waals surface area contributed by atoms with Crippen LogP contribution in [0.2, 0.25) is 0 Å². The van der Waals surface area contributed by atoms with Gasteiger partial charge in [0.2, 0.25) is 5.91 Å². The van der Waals surface area contributed by atoms with E-state index in [9.17, 15) is 4.79 Å². The van der Waals surface area contributed by atoms with Gasteiger partial charge in [0.1, 0.15) is 0 Å². The molecular weight excluding hydrogens is 200 g/mol. The Morgan fingerprint density at radius 1 is 1.36 bits per heavy atom. The highest BCUT2D eigenvalue weighted by molar-refractivity contribution is 5.85. The number of primary amides is 1. The van der Waals surface area contributed by atoms with Gasteiger partial charge in [-0.2, -0.15) is 0 Å². The molecule has 1 aromatic carbocycles. The van der Waals surface area contributed by atoms with Crippen molar-refractivity contribution in [3.63, 3.8) is 0 Å². The van der Waals surface area contributed by atoms with E-state index >= 15 is 0 Å². The van der Waals surface area contributed by atoms with Crippen LogP contribution in [-0.2, 0) is 11.2 Å². The van der Waals surface area contributed by atoms with Crippen molar-refractivity contribution < 1.29 is 4.79 Å². The van der Waals surface area contributed by atoms with Gasteiger partial charge in [-0.15, -0.1) is 12.4 Å². The smallest absolute Gasteiger partial charge is 0.237 e. The van der Waals surface area contributed by atoms with Crippen molar-refractivity contribution in [2.75, 3.05) is 0 Å². The van der Waals surface area contributed by atoms with E-state index in [4.69, 9.17) is 11.5 Å². The Bertz CT molecular complexity index is 298. The lowest BCUT2D eigenvalue weighted by atomic mass is 9.93. The molecular formula is C10H15ClN2O. The first kappa shape index (κ1) is 12.9. The van der Waals surface area contributed by atoms with Crippen molar-refractivity contribution in [1.82, 2.24) is 0 Å². The highest BCUT2D eigenvalue weighted by Gasteiger charge is 2.25. The monoisotopic (exact) mass is 214 g/mol. The maximum absolute atomic E-state index is 10.9. The zero-order chi connectivity index (χ0) is 9.90. The van der Waals surface area contributed by atoms with Crippen LogP contribution in [0.3, 0.4) is 0 Å². The minimum Gasteiger partial charge on any atom is -0.368 e. The van der Waals surface area contributed by atoms with Gasteiger partial charge in [0.25, 0.3) is 0 Å². The lowest BCUT2D eigenvalue weighted by Gasteiger charge is -2.20. The topological polar surface area (TPSA) is 69.1 Å². The fourth-order valence-corrected chi connectivity index (χ4v) is 1.11. The normalized spacial score (nSPS) is 13.9. The molecule has 14 heavy (non-hydrogen) atoms. The predicted molar refractivity (Wildman–Crippen MR) is 59.2 cm³/mol. The van der Waals surface area contributed by atoms with Crippen LogP contribution in [0, 0.1) is 0 Å². The molecule has 0 aromatic heterocycles. The van der Waals surface area contributed by atoms with Gasteiger partial charge in [-0.3, -0.25) is 4.79 Å². The minimum absolute atomic E-state index is 0. The number of carbonyl (C=O) groups excluding carboxylic acids is 1. The van der Waals surface area contributed by atoms with Gasteiger partial charge in [-0.05, 0) is 18.9 Å². The van der Waals surface area contributed by atoms with Crippen molar-refractivity contribution in [1.29, 1.82) is 0 Å². The lowest BCUT2D eigenvalue weighted by molar-refractivity contribution is -0.122. The van der Waals surface area contributed by atoms with E-state index in [1.807, 2.05) is 30.3 Å². The highest BCUT2D eigenvalue weighted by atomic mass is 35.5. The number of rotatable bonds is 3. The predicted octanol–water partition coefficient (Wildman–Crippen LogP) is 0.854. The van der Waals surface area contributed by atoms with Crippen LogP contribution < -0.4 is 11.5 Å². The summed E-state index contributed by atoms with van der Waals surface area (Å²) in [4.78, 5) is 10.9. The standard InChI is InChI=1S/C10H14N2O.ClH/c1-10(12,9(11)13)7-8-5-3-2-4-6-8;/h2-6H,7,12H2,1H3,(H2,11,13);1H. The first-order chi connectivity index (χ1) is 6.02. The summed E-state index contributed by atoms with van der Waals surface area (Å²) in [5.41, 5.74) is 10.9. The molecule has 0 saturated carbocycles. The molecule has 0 spiro atoms. The Morgan fingerprint density at radius 2 is 1.86 bits per heavy atom. The van der Waals surface area contributed by atoms with Gasteiger partial charge in [-0.25, -0.2) is 0 Å². The average molecular weight is 215 g/mol. The molecule has 4 N–H and O–H groups in total. The summed E-state index contributed by atoms with van der Waals surface area (Å²) < 4.78 is 0. The third-order valence-corrected chi connectivity index (χ3v) is 1.98. The SMILES string of the molecule is CC(N)(Cc1ccccc1)C(N)=O.Cl. The van der Waals surface area contributed by atoms with E-state index in [0.717, 1.165) is 5.56 Å². The van der Waals surface area contributed by atoms with Gasteiger partial charge in [-0.1, -0.05) is 30.3 Å². The summed E-state index contributed by atoms with van der Waals surface area (Å²) >= 11 is 0. The summed E-state index contributed by atoms with van der Waals surface area (Å²) in [6.45, 7) is 1.64. The average Bonchev–Trinajstić information content (AvgIpc) is 2.05. The second-order valence-electron chi connectivity index (χ2n) is 3.44. The van der Waals surface area contributed by atoms with Crippen LogP contribution in [-0.4, -0.2) is 11.4 Å². The number of nitrogens with two attached hydrogens (primary N) is 2. The maximum Gasteiger partial charge on any atom is 0.237 e. The van der Waals surface area contributed by atoms with Crippen LogP contribution in [0.25, 0.3) is 0 Å². The Hall–Kier alpha value is -1.06. The molecule has 0 aliphatic carbocycles. The summed E-state index contributed by atoms with van der Waals surface area (Å²) in [5.74, 6) is -0.476. The third kappa shape index (κ3) is 3.36. The summed E-state index contributed by atoms with van der Waals surface area (Å²) in [6, 6.07) is 9.59. The van der Waals surface area contributed by atoms with Crippen molar-refractivity contribution in [2.45, 2.75) is 18.9 Å². The molecule has 0 fully saturated rings. The molecule has 0 aliphatic heterocycles. The molecule has 4 heteroatoms. The maximum atomic E-state index is 10.9. The molecule has 0 heterocycles. The Balaban J connectivity index is 0.00000169. The molecule has 78 valence electrons. The van der Waals surface area contributed by atoms with Crippen LogP contribution in [0.15, 0.2) is 30.3 Å². The molecule has 0 saturated heterocycles. The number of benzene rings is 1. The fourth-order valence-electron chi connectivity index (χ4n) is 1.11. The second-order valence-corrected chi connectivity index (χ2v) is 3.44. The van der Waals surface area contributed by atoms with E-state index in [0.29, 0.717) is 6.42 Å². The number of amides is 1. The zero-order valence-electron chi connectivity index (χ0n) is 8.07. The summed E-state index contributed by atoms with van der Waals surface area (Å²) in [7, 11) is 0. The number of hydrogen-bond acceptors (Lipinski definition) is 2. The number of hydrogen-bond donors (Lipinski definition) is 2. The van der Waals surface area contributed by atoms with Crippen molar-refractivity contribution in [3.8, 4) is 0 Å². The molecule has 0 bridgehead atoms. The van der Waals surface area contributed by atoms with Crippen molar-refractivity contribution in [3.05, 3.63) is 35.9 Å². The van der Waals surface area contributed by atoms with Gasteiger partial charge in [0, 0.05) is 0 Å². The molecule has 1 atom stereocenters. The molecule has 0 radical (unpaired) electrons. The fraction of sp³-hybridized carbons (Fsp3) is 0.300. The van der Waals surface area contributed by atoms with Gasteiger partial charge in [0.15, 0.2) is 0 Å². The first-order valence-electron chi connectivity index (χ1n) is 4.15. The van der Waals surface area contributed by atoms with E-state index in [1.54, 1.807) is 6.92 Å². The summed E-state index contributed by atoms with van der Waals surface area (Å²) in [6.07, 6.45) is 0.475. The van der Waals surface area contributed by atoms with E-state index < -0.39 is 11.4 Å². The zero-order valence-corrected chi connectivity index (χ0v) is 8.88. The molecule has 3 nitrogen and oxygen atoms in total. The Labute approximate surface area is 89.9 Å². The number of carbonyl (C=O) groups is 1. The summed E-state index contributed by atoms with van der Waals surface area (Å²) in [5, 5.41) is 0. The third-order valence-electron chi connectivity index (χ3n) is 1.98. The highest BCUT2D eigenvalue weighted by Crippen LogP contribution is 2.09. The Morgan fingerprint density at radius 3 is 2.29 bits per heavy atom. The van der Waals surface area contributed by atoms with Gasteiger partial charge in [0.05, 0.1) is 5.54 Å². The van der Waals surface area contributed by atoms with Gasteiger partial charge >= 0.3 is 0 Å². The van der Waals surface area contributed by atoms with Crippen LogP contribution in [0.1, 0.15) is 12.5 Å². The first-order valence-corrected chi connectivity index (χ1v) is 4.15. The van der Waals surface area contributed by atoms with E-state index in [2.05, 4.69) is 0 Å². The van der Waals surface area contributed by atoms with Crippen LogP contribution >= 0.6 is 12.4 Å². The van der Waals surface area contributed by atoms with Crippen molar-refractivity contribution in [2.24, 2.45) is 11.5 Å².